The Hall–Kier alpha value is -1.85. The van der Waals surface area contributed by atoms with E-state index in [1.165, 1.54) is 0 Å². The summed E-state index contributed by atoms with van der Waals surface area (Å²) in [5, 5.41) is 3.64. The fourth-order valence-electron chi connectivity index (χ4n) is 2.48. The molecule has 1 atom stereocenters. The van der Waals surface area contributed by atoms with Gasteiger partial charge in [0.15, 0.2) is 11.5 Å². The van der Waals surface area contributed by atoms with Crippen LogP contribution >= 0.6 is 23.4 Å². The van der Waals surface area contributed by atoms with Gasteiger partial charge in [-0.25, -0.2) is 0 Å². The highest BCUT2D eigenvalue weighted by Gasteiger charge is 2.14. The maximum absolute atomic E-state index is 12.1. The molecule has 2 aromatic rings. The molecule has 1 amide bonds. The molecule has 6 heteroatoms. The Morgan fingerprint density at radius 1 is 1.25 bits per heavy atom. The van der Waals surface area contributed by atoms with Crippen LogP contribution in [0.3, 0.4) is 0 Å². The lowest BCUT2D eigenvalue weighted by atomic mass is 10.1. The van der Waals surface area contributed by atoms with E-state index >= 15 is 0 Å². The summed E-state index contributed by atoms with van der Waals surface area (Å²) in [5.41, 5.74) is 2.03. The van der Waals surface area contributed by atoms with Crippen molar-refractivity contribution in [3.63, 3.8) is 0 Å². The van der Waals surface area contributed by atoms with Gasteiger partial charge in [-0.2, -0.15) is 0 Å². The van der Waals surface area contributed by atoms with E-state index in [-0.39, 0.29) is 18.7 Å². The molecule has 1 aliphatic rings. The molecule has 0 aliphatic carbocycles. The number of hydrogen-bond acceptors (Lipinski definition) is 4. The molecule has 2 aromatic carbocycles. The molecule has 24 heavy (non-hydrogen) atoms. The van der Waals surface area contributed by atoms with Crippen molar-refractivity contribution in [2.75, 3.05) is 12.5 Å². The highest BCUT2D eigenvalue weighted by Crippen LogP contribution is 2.33. The smallest absolute Gasteiger partial charge is 0.231 e. The first-order valence-electron chi connectivity index (χ1n) is 7.63. The number of carbonyl (C=O) groups is 1. The van der Waals surface area contributed by atoms with Crippen LogP contribution in [0.2, 0.25) is 5.02 Å². The van der Waals surface area contributed by atoms with Crippen LogP contribution in [0.1, 0.15) is 24.1 Å². The van der Waals surface area contributed by atoms with E-state index in [9.17, 15) is 4.79 Å². The summed E-state index contributed by atoms with van der Waals surface area (Å²) in [6, 6.07) is 13.3. The van der Waals surface area contributed by atoms with Gasteiger partial charge in [-0.1, -0.05) is 35.9 Å². The number of carbonyl (C=O) groups excluding carboxylic acids is 1. The first-order valence-corrected chi connectivity index (χ1v) is 9.17. The van der Waals surface area contributed by atoms with Gasteiger partial charge < -0.3 is 14.8 Å². The SMILES string of the molecule is C[C@H](NC(=O)CSCc1ccc2c(c1)OCO2)c1ccccc1Cl. The number of fused-ring (bicyclic) bond motifs is 1. The molecule has 0 saturated carbocycles. The molecular formula is C18H18ClNO3S. The third-order valence-electron chi connectivity index (χ3n) is 3.69. The van der Waals surface area contributed by atoms with Gasteiger partial charge in [0.05, 0.1) is 11.8 Å². The number of halogens is 1. The Kier molecular flexibility index (Phi) is 5.53. The molecule has 0 unspecified atom stereocenters. The van der Waals surface area contributed by atoms with Crippen LogP contribution in [0.25, 0.3) is 0 Å². The Balaban J connectivity index is 1.47. The van der Waals surface area contributed by atoms with E-state index in [0.29, 0.717) is 10.8 Å². The van der Waals surface area contributed by atoms with Crippen LogP contribution < -0.4 is 14.8 Å². The summed E-state index contributed by atoms with van der Waals surface area (Å²) in [5.74, 6) is 2.67. The summed E-state index contributed by atoms with van der Waals surface area (Å²) in [4.78, 5) is 12.1. The van der Waals surface area contributed by atoms with E-state index < -0.39 is 0 Å². The second-order valence-corrected chi connectivity index (χ2v) is 6.88. The lowest BCUT2D eigenvalue weighted by Crippen LogP contribution is -2.28. The quantitative estimate of drug-likeness (QED) is 0.836. The van der Waals surface area contributed by atoms with Crippen molar-refractivity contribution >= 4 is 29.3 Å². The highest BCUT2D eigenvalue weighted by molar-refractivity contribution is 7.99. The average molecular weight is 364 g/mol. The molecule has 4 nitrogen and oxygen atoms in total. The number of benzene rings is 2. The van der Waals surface area contributed by atoms with E-state index in [1.807, 2.05) is 49.4 Å². The van der Waals surface area contributed by atoms with Crippen molar-refractivity contribution in [3.8, 4) is 11.5 Å². The predicted molar refractivity (Wildman–Crippen MR) is 96.7 cm³/mol. The Morgan fingerprint density at radius 3 is 2.88 bits per heavy atom. The van der Waals surface area contributed by atoms with Gasteiger partial charge >= 0.3 is 0 Å². The number of rotatable bonds is 6. The second-order valence-electron chi connectivity index (χ2n) is 5.49. The second kappa shape index (κ2) is 7.81. The van der Waals surface area contributed by atoms with Gasteiger partial charge in [0.1, 0.15) is 0 Å². The molecule has 1 heterocycles. The summed E-state index contributed by atoms with van der Waals surface area (Å²) >= 11 is 7.71. The molecule has 0 radical (unpaired) electrons. The molecule has 0 spiro atoms. The largest absolute Gasteiger partial charge is 0.454 e. The summed E-state index contributed by atoms with van der Waals surface area (Å²) in [6.45, 7) is 2.20. The molecule has 126 valence electrons. The highest BCUT2D eigenvalue weighted by atomic mass is 35.5. The van der Waals surface area contributed by atoms with Crippen LogP contribution in [0.4, 0.5) is 0 Å². The van der Waals surface area contributed by atoms with Crippen molar-refractivity contribution in [1.82, 2.24) is 5.32 Å². The summed E-state index contributed by atoms with van der Waals surface area (Å²) < 4.78 is 10.6. The Bertz CT molecular complexity index is 738. The average Bonchev–Trinajstić information content (AvgIpc) is 3.03. The van der Waals surface area contributed by atoms with Gasteiger partial charge in [-0.15, -0.1) is 11.8 Å². The topological polar surface area (TPSA) is 47.6 Å². The minimum Gasteiger partial charge on any atom is -0.454 e. The molecule has 0 bridgehead atoms. The minimum absolute atomic E-state index is 0.00633. The van der Waals surface area contributed by atoms with Crippen LogP contribution in [0, 0.1) is 0 Å². The Morgan fingerprint density at radius 2 is 2.04 bits per heavy atom. The third kappa shape index (κ3) is 4.16. The fraction of sp³-hybridized carbons (Fsp3) is 0.278. The van der Waals surface area contributed by atoms with Gasteiger partial charge in [0, 0.05) is 10.8 Å². The zero-order valence-electron chi connectivity index (χ0n) is 13.3. The summed E-state index contributed by atoms with van der Waals surface area (Å²) in [7, 11) is 0. The van der Waals surface area contributed by atoms with Crippen molar-refractivity contribution in [2.45, 2.75) is 18.7 Å². The summed E-state index contributed by atoms with van der Waals surface area (Å²) in [6.07, 6.45) is 0. The fourth-order valence-corrected chi connectivity index (χ4v) is 3.56. The lowest BCUT2D eigenvalue weighted by molar-refractivity contribution is -0.119. The van der Waals surface area contributed by atoms with Crippen LogP contribution in [-0.2, 0) is 10.5 Å². The first-order chi connectivity index (χ1) is 11.6. The van der Waals surface area contributed by atoms with Crippen LogP contribution in [0.15, 0.2) is 42.5 Å². The van der Waals surface area contributed by atoms with Gasteiger partial charge in [-0.05, 0) is 36.2 Å². The lowest BCUT2D eigenvalue weighted by Gasteiger charge is -2.15. The maximum Gasteiger partial charge on any atom is 0.231 e. The third-order valence-corrected chi connectivity index (χ3v) is 5.04. The van der Waals surface area contributed by atoms with Crippen molar-refractivity contribution in [3.05, 3.63) is 58.6 Å². The number of amides is 1. The van der Waals surface area contributed by atoms with Gasteiger partial charge in [-0.3, -0.25) is 4.79 Å². The van der Waals surface area contributed by atoms with Gasteiger partial charge in [0.2, 0.25) is 12.7 Å². The van der Waals surface area contributed by atoms with Crippen molar-refractivity contribution in [2.24, 2.45) is 0 Å². The molecular weight excluding hydrogens is 346 g/mol. The van der Waals surface area contributed by atoms with E-state index in [2.05, 4.69) is 5.32 Å². The number of thioether (sulfide) groups is 1. The Labute approximate surface area is 150 Å². The minimum atomic E-state index is -0.114. The predicted octanol–water partition coefficient (Wildman–Crippen LogP) is 4.18. The van der Waals surface area contributed by atoms with E-state index in [1.54, 1.807) is 11.8 Å². The number of ether oxygens (including phenoxy) is 2. The van der Waals surface area contributed by atoms with Gasteiger partial charge in [0.25, 0.3) is 0 Å². The molecule has 0 aromatic heterocycles. The molecule has 3 rings (SSSR count). The normalized spacial score (nSPS) is 13.6. The van der Waals surface area contributed by atoms with E-state index in [4.69, 9.17) is 21.1 Å². The van der Waals surface area contributed by atoms with Crippen LogP contribution in [-0.4, -0.2) is 18.5 Å². The number of hydrogen-bond donors (Lipinski definition) is 1. The van der Waals surface area contributed by atoms with Crippen molar-refractivity contribution < 1.29 is 14.3 Å². The monoisotopic (exact) mass is 363 g/mol. The molecule has 0 saturated heterocycles. The molecule has 0 fully saturated rings. The number of nitrogens with one attached hydrogen (secondary N) is 1. The van der Waals surface area contributed by atoms with E-state index in [0.717, 1.165) is 28.4 Å². The standard InChI is InChI=1S/C18H18ClNO3S/c1-12(14-4-2-3-5-15(14)19)20-18(21)10-24-9-13-6-7-16-17(8-13)23-11-22-16/h2-8,12H,9-11H2,1H3,(H,20,21)/t12-/m0/s1. The van der Waals surface area contributed by atoms with Crippen LogP contribution in [0.5, 0.6) is 11.5 Å². The van der Waals surface area contributed by atoms with Crippen molar-refractivity contribution in [1.29, 1.82) is 0 Å². The molecule has 1 N–H and O–H groups in total. The maximum atomic E-state index is 12.1. The zero-order valence-corrected chi connectivity index (χ0v) is 14.8. The first kappa shape index (κ1) is 17.0. The zero-order chi connectivity index (χ0) is 16.9. The molecule has 1 aliphatic heterocycles.